The van der Waals surface area contributed by atoms with E-state index >= 15 is 0 Å². The summed E-state index contributed by atoms with van der Waals surface area (Å²) in [5.41, 5.74) is 1.03. The van der Waals surface area contributed by atoms with Crippen molar-refractivity contribution in [3.05, 3.63) is 48.3 Å². The Hall–Kier alpha value is -2.74. The van der Waals surface area contributed by atoms with Crippen LogP contribution in [0.1, 0.15) is 5.56 Å². The van der Waals surface area contributed by atoms with Gasteiger partial charge in [-0.3, -0.25) is 9.59 Å². The summed E-state index contributed by atoms with van der Waals surface area (Å²) in [7, 11) is 0. The van der Waals surface area contributed by atoms with Crippen LogP contribution in [0.4, 0.5) is 4.39 Å². The highest BCUT2D eigenvalue weighted by Gasteiger charge is 2.20. The molecule has 2 aromatic rings. The first-order chi connectivity index (χ1) is 11.6. The van der Waals surface area contributed by atoms with Gasteiger partial charge in [0.25, 0.3) is 0 Å². The van der Waals surface area contributed by atoms with E-state index in [0.717, 1.165) is 0 Å². The van der Waals surface area contributed by atoms with E-state index in [2.05, 4.69) is 10.3 Å². The van der Waals surface area contributed by atoms with E-state index in [4.69, 9.17) is 4.74 Å². The number of aromatic nitrogens is 2. The number of morpholine rings is 1. The second-order valence-electron chi connectivity index (χ2n) is 5.40. The summed E-state index contributed by atoms with van der Waals surface area (Å²) in [6.45, 7) is 1.02. The van der Waals surface area contributed by atoms with Crippen molar-refractivity contribution < 1.29 is 18.7 Å². The molecule has 1 aliphatic rings. The van der Waals surface area contributed by atoms with E-state index in [0.29, 0.717) is 24.4 Å². The topological polar surface area (TPSA) is 76.5 Å². The van der Waals surface area contributed by atoms with Crippen molar-refractivity contribution in [2.75, 3.05) is 26.3 Å². The molecule has 7 nitrogen and oxygen atoms in total. The second kappa shape index (κ2) is 7.22. The summed E-state index contributed by atoms with van der Waals surface area (Å²) in [6, 6.07) is 4.73. The van der Waals surface area contributed by atoms with Gasteiger partial charge < -0.3 is 19.5 Å². The highest BCUT2D eigenvalue weighted by molar-refractivity contribution is 5.85. The highest BCUT2D eigenvalue weighted by Crippen LogP contribution is 2.14. The third kappa shape index (κ3) is 3.77. The zero-order valence-corrected chi connectivity index (χ0v) is 12.9. The Kier molecular flexibility index (Phi) is 4.85. The summed E-state index contributed by atoms with van der Waals surface area (Å²) in [5, 5.41) is 2.69. The van der Waals surface area contributed by atoms with Gasteiger partial charge in [0, 0.05) is 25.5 Å². The van der Waals surface area contributed by atoms with Crippen LogP contribution in [0, 0.1) is 5.82 Å². The molecule has 1 fully saturated rings. The third-order valence-corrected chi connectivity index (χ3v) is 3.70. The van der Waals surface area contributed by atoms with Gasteiger partial charge in [0.1, 0.15) is 12.4 Å². The Bertz CT molecular complexity index is 733. The first-order valence-corrected chi connectivity index (χ1v) is 7.52. The van der Waals surface area contributed by atoms with Crippen LogP contribution in [-0.4, -0.2) is 52.6 Å². The lowest BCUT2D eigenvalue weighted by Gasteiger charge is -2.26. The molecule has 1 aromatic heterocycles. The van der Waals surface area contributed by atoms with E-state index in [9.17, 15) is 14.0 Å². The molecule has 0 bridgehead atoms. The standard InChI is InChI=1S/C16H17FN4O3/c17-13-7-12(1-2-14(13)21-4-3-18-11-21)8-19-15(22)9-20-5-6-24-10-16(20)23/h1-4,7,11H,5-6,8-10H2,(H,19,22). The number of hydrogen-bond acceptors (Lipinski definition) is 4. The van der Waals surface area contributed by atoms with Crippen molar-refractivity contribution in [2.24, 2.45) is 0 Å². The fourth-order valence-corrected chi connectivity index (χ4v) is 2.42. The van der Waals surface area contributed by atoms with Crippen LogP contribution >= 0.6 is 0 Å². The number of hydrogen-bond donors (Lipinski definition) is 1. The molecule has 1 aromatic carbocycles. The molecule has 126 valence electrons. The van der Waals surface area contributed by atoms with Crippen LogP contribution in [0.15, 0.2) is 36.9 Å². The maximum Gasteiger partial charge on any atom is 0.249 e. The molecule has 3 rings (SSSR count). The number of halogens is 1. The number of nitrogens with zero attached hydrogens (tertiary/aromatic N) is 3. The van der Waals surface area contributed by atoms with Crippen molar-refractivity contribution in [2.45, 2.75) is 6.54 Å². The molecule has 0 atom stereocenters. The number of amides is 2. The first-order valence-electron chi connectivity index (χ1n) is 7.52. The van der Waals surface area contributed by atoms with E-state index in [1.807, 2.05) is 0 Å². The fourth-order valence-electron chi connectivity index (χ4n) is 2.42. The summed E-state index contributed by atoms with van der Waals surface area (Å²) in [6.07, 6.45) is 4.74. The Morgan fingerprint density at radius 1 is 1.42 bits per heavy atom. The van der Waals surface area contributed by atoms with Gasteiger partial charge in [-0.25, -0.2) is 9.37 Å². The maximum atomic E-state index is 14.1. The Balaban J connectivity index is 1.55. The van der Waals surface area contributed by atoms with Crippen LogP contribution in [0.3, 0.4) is 0 Å². The normalized spacial score (nSPS) is 14.7. The summed E-state index contributed by atoms with van der Waals surface area (Å²) < 4.78 is 20.7. The van der Waals surface area contributed by atoms with Gasteiger partial charge in [-0.15, -0.1) is 0 Å². The lowest BCUT2D eigenvalue weighted by Crippen LogP contribution is -2.46. The number of rotatable bonds is 5. The minimum atomic E-state index is -0.400. The zero-order chi connectivity index (χ0) is 16.9. The van der Waals surface area contributed by atoms with Gasteiger partial charge in [-0.2, -0.15) is 0 Å². The van der Waals surface area contributed by atoms with E-state index in [-0.39, 0.29) is 31.5 Å². The monoisotopic (exact) mass is 332 g/mol. The van der Waals surface area contributed by atoms with E-state index in [1.54, 1.807) is 29.1 Å². The second-order valence-corrected chi connectivity index (χ2v) is 5.40. The maximum absolute atomic E-state index is 14.1. The lowest BCUT2D eigenvalue weighted by atomic mass is 10.2. The van der Waals surface area contributed by atoms with Crippen LogP contribution in [-0.2, 0) is 20.9 Å². The summed E-state index contributed by atoms with van der Waals surface area (Å²) >= 11 is 0. The SMILES string of the molecule is O=C(CN1CCOCC1=O)NCc1ccc(-n2ccnc2)c(F)c1. The summed E-state index contributed by atoms with van der Waals surface area (Å²) in [4.78, 5) is 28.8. The average molecular weight is 332 g/mol. The number of ether oxygens (including phenoxy) is 1. The predicted octanol–water partition coefficient (Wildman–Crippen LogP) is 0.486. The number of benzene rings is 1. The van der Waals surface area contributed by atoms with Crippen molar-refractivity contribution in [1.29, 1.82) is 0 Å². The quantitative estimate of drug-likeness (QED) is 0.864. The minimum absolute atomic E-state index is 0.00814. The molecule has 1 aliphatic heterocycles. The van der Waals surface area contributed by atoms with Crippen LogP contribution < -0.4 is 5.32 Å². The largest absolute Gasteiger partial charge is 0.370 e. The Morgan fingerprint density at radius 2 is 2.29 bits per heavy atom. The summed E-state index contributed by atoms with van der Waals surface area (Å²) in [5.74, 6) is -0.889. The molecule has 2 heterocycles. The van der Waals surface area contributed by atoms with Gasteiger partial charge in [0.2, 0.25) is 11.8 Å². The van der Waals surface area contributed by atoms with Crippen LogP contribution in [0.25, 0.3) is 5.69 Å². The number of carbonyl (C=O) groups excluding carboxylic acids is 2. The van der Waals surface area contributed by atoms with Crippen molar-refractivity contribution in [1.82, 2.24) is 19.8 Å². The van der Waals surface area contributed by atoms with Gasteiger partial charge in [-0.1, -0.05) is 6.07 Å². The molecule has 2 amide bonds. The van der Waals surface area contributed by atoms with Gasteiger partial charge in [0.15, 0.2) is 0 Å². The molecule has 1 N–H and O–H groups in total. The first kappa shape index (κ1) is 16.1. The minimum Gasteiger partial charge on any atom is -0.370 e. The fraction of sp³-hybridized carbons (Fsp3) is 0.312. The number of carbonyl (C=O) groups is 2. The highest BCUT2D eigenvalue weighted by atomic mass is 19.1. The molecule has 0 unspecified atom stereocenters. The number of nitrogens with one attached hydrogen (secondary N) is 1. The smallest absolute Gasteiger partial charge is 0.249 e. The molecule has 0 saturated carbocycles. The van der Waals surface area contributed by atoms with Crippen molar-refractivity contribution in [3.8, 4) is 5.69 Å². The molecule has 0 spiro atoms. The Labute approximate surface area is 138 Å². The predicted molar refractivity (Wildman–Crippen MR) is 82.8 cm³/mol. The molecule has 8 heteroatoms. The van der Waals surface area contributed by atoms with Crippen molar-refractivity contribution >= 4 is 11.8 Å². The molecular formula is C16H17FN4O3. The molecular weight excluding hydrogens is 315 g/mol. The molecule has 0 radical (unpaired) electrons. The third-order valence-electron chi connectivity index (χ3n) is 3.70. The van der Waals surface area contributed by atoms with Crippen LogP contribution in [0.5, 0.6) is 0 Å². The molecule has 1 saturated heterocycles. The molecule has 24 heavy (non-hydrogen) atoms. The van der Waals surface area contributed by atoms with Gasteiger partial charge in [0.05, 0.1) is 25.2 Å². The Morgan fingerprint density at radius 3 is 3.00 bits per heavy atom. The zero-order valence-electron chi connectivity index (χ0n) is 12.9. The molecule has 0 aliphatic carbocycles. The lowest BCUT2D eigenvalue weighted by molar-refractivity contribution is -0.145. The van der Waals surface area contributed by atoms with Crippen molar-refractivity contribution in [3.63, 3.8) is 0 Å². The van der Waals surface area contributed by atoms with Gasteiger partial charge in [-0.05, 0) is 17.7 Å². The average Bonchev–Trinajstić information content (AvgIpc) is 3.09. The van der Waals surface area contributed by atoms with Crippen LogP contribution in [0.2, 0.25) is 0 Å². The van der Waals surface area contributed by atoms with E-state index in [1.165, 1.54) is 17.3 Å². The van der Waals surface area contributed by atoms with Gasteiger partial charge >= 0.3 is 0 Å². The number of imidazole rings is 1. The van der Waals surface area contributed by atoms with E-state index < -0.39 is 5.82 Å².